The molecule has 0 amide bonds. The van der Waals surface area contributed by atoms with E-state index < -0.39 is 15.1 Å². The number of sulfone groups is 1. The summed E-state index contributed by atoms with van der Waals surface area (Å²) < 4.78 is 23.9. The Labute approximate surface area is 83.9 Å². The average molecular weight is 211 g/mol. The fourth-order valence-electron chi connectivity index (χ4n) is 1.96. The molecule has 0 aliphatic carbocycles. The molecular weight excluding hydrogens is 198 g/mol. The molecule has 0 saturated carbocycles. The Kier molecular flexibility index (Phi) is 1.94. The van der Waals surface area contributed by atoms with E-state index in [4.69, 9.17) is 5.73 Å². The second-order valence-electron chi connectivity index (χ2n) is 3.77. The predicted octanol–water partition coefficient (Wildman–Crippen LogP) is 1.17. The van der Waals surface area contributed by atoms with Crippen molar-refractivity contribution in [3.05, 3.63) is 29.3 Å². The van der Waals surface area contributed by atoms with E-state index in [0.717, 1.165) is 11.1 Å². The van der Waals surface area contributed by atoms with Crippen molar-refractivity contribution >= 4 is 9.84 Å². The van der Waals surface area contributed by atoms with Gasteiger partial charge in [-0.2, -0.15) is 0 Å². The van der Waals surface area contributed by atoms with Crippen molar-refractivity contribution in [1.29, 1.82) is 0 Å². The molecule has 1 heterocycles. The second kappa shape index (κ2) is 2.81. The molecule has 1 aromatic rings. The maximum absolute atomic E-state index is 11.9. The van der Waals surface area contributed by atoms with Crippen molar-refractivity contribution in [2.45, 2.75) is 30.0 Å². The molecule has 76 valence electrons. The molecule has 4 heteroatoms. The van der Waals surface area contributed by atoms with E-state index in [1.807, 2.05) is 6.07 Å². The summed E-state index contributed by atoms with van der Waals surface area (Å²) in [5, 5.41) is -0.501. The predicted molar refractivity (Wildman–Crippen MR) is 54.8 cm³/mol. The van der Waals surface area contributed by atoms with Gasteiger partial charge in [0.1, 0.15) is 0 Å². The van der Waals surface area contributed by atoms with E-state index in [1.54, 1.807) is 26.0 Å². The number of hydrogen-bond acceptors (Lipinski definition) is 3. The minimum Gasteiger partial charge on any atom is -0.323 e. The molecule has 3 nitrogen and oxygen atoms in total. The van der Waals surface area contributed by atoms with Crippen LogP contribution in [0.2, 0.25) is 0 Å². The Bertz CT molecular complexity index is 479. The van der Waals surface area contributed by atoms with Crippen LogP contribution < -0.4 is 5.73 Å². The maximum atomic E-state index is 11.9. The van der Waals surface area contributed by atoms with Crippen molar-refractivity contribution < 1.29 is 8.42 Å². The van der Waals surface area contributed by atoms with Crippen molar-refractivity contribution in [3.8, 4) is 0 Å². The Balaban J connectivity index is 2.82. The number of nitrogens with two attached hydrogens (primary N) is 1. The number of aryl methyl sites for hydroxylation is 1. The quantitative estimate of drug-likeness (QED) is 0.700. The van der Waals surface area contributed by atoms with Crippen LogP contribution in [0, 0.1) is 6.92 Å². The van der Waals surface area contributed by atoms with E-state index >= 15 is 0 Å². The Hall–Kier alpha value is -0.870. The van der Waals surface area contributed by atoms with E-state index in [2.05, 4.69) is 0 Å². The van der Waals surface area contributed by atoms with Crippen molar-refractivity contribution in [2.75, 3.05) is 0 Å². The normalized spacial score (nSPS) is 28.8. The third-order valence-electron chi connectivity index (χ3n) is 2.88. The summed E-state index contributed by atoms with van der Waals surface area (Å²) in [6.45, 7) is 3.47. The zero-order valence-corrected chi connectivity index (χ0v) is 9.01. The molecule has 2 unspecified atom stereocenters. The van der Waals surface area contributed by atoms with Gasteiger partial charge in [0.15, 0.2) is 9.84 Å². The summed E-state index contributed by atoms with van der Waals surface area (Å²) in [6, 6.07) is 5.08. The van der Waals surface area contributed by atoms with Gasteiger partial charge in [-0.3, -0.25) is 0 Å². The van der Waals surface area contributed by atoms with E-state index in [0.29, 0.717) is 4.90 Å². The summed E-state index contributed by atoms with van der Waals surface area (Å²) in [7, 11) is -3.19. The minimum atomic E-state index is -3.19. The Morgan fingerprint density at radius 2 is 2.00 bits per heavy atom. The molecule has 0 fully saturated rings. The molecule has 1 aliphatic heterocycles. The van der Waals surface area contributed by atoms with Crippen LogP contribution in [0.15, 0.2) is 23.1 Å². The number of benzene rings is 1. The highest BCUT2D eigenvalue weighted by atomic mass is 32.2. The summed E-state index contributed by atoms with van der Waals surface area (Å²) in [6.07, 6.45) is 0. The number of hydrogen-bond donors (Lipinski definition) is 1. The lowest BCUT2D eigenvalue weighted by molar-refractivity contribution is 0.581. The molecule has 1 aromatic carbocycles. The lowest BCUT2D eigenvalue weighted by Crippen LogP contribution is -2.23. The zero-order chi connectivity index (χ0) is 10.5. The molecule has 2 N–H and O–H groups in total. The van der Waals surface area contributed by atoms with E-state index in [9.17, 15) is 8.42 Å². The molecule has 2 rings (SSSR count). The first-order chi connectivity index (χ1) is 6.46. The van der Waals surface area contributed by atoms with Crippen molar-refractivity contribution in [1.82, 2.24) is 0 Å². The van der Waals surface area contributed by atoms with Gasteiger partial charge in [-0.05, 0) is 25.0 Å². The van der Waals surface area contributed by atoms with Gasteiger partial charge in [-0.25, -0.2) is 8.42 Å². The fourth-order valence-corrected chi connectivity index (χ4v) is 3.91. The van der Waals surface area contributed by atoms with Crippen molar-refractivity contribution in [2.24, 2.45) is 5.73 Å². The summed E-state index contributed by atoms with van der Waals surface area (Å²) in [5.41, 5.74) is 7.41. The second-order valence-corrected chi connectivity index (χ2v) is 6.01. The minimum absolute atomic E-state index is 0.380. The molecule has 0 spiro atoms. The molecule has 0 bridgehead atoms. The van der Waals surface area contributed by atoms with Gasteiger partial charge >= 0.3 is 0 Å². The molecule has 1 aliphatic rings. The van der Waals surface area contributed by atoms with Gasteiger partial charge in [-0.15, -0.1) is 0 Å². The first-order valence-electron chi connectivity index (χ1n) is 4.55. The van der Waals surface area contributed by atoms with Crippen molar-refractivity contribution in [3.63, 3.8) is 0 Å². The molecule has 2 atom stereocenters. The van der Waals surface area contributed by atoms with Crippen LogP contribution in [0.5, 0.6) is 0 Å². The lowest BCUT2D eigenvalue weighted by Gasteiger charge is -2.07. The van der Waals surface area contributed by atoms with Crippen LogP contribution in [-0.4, -0.2) is 13.7 Å². The lowest BCUT2D eigenvalue weighted by atomic mass is 10.0. The maximum Gasteiger partial charge on any atom is 0.183 e. The first kappa shape index (κ1) is 9.68. The largest absolute Gasteiger partial charge is 0.323 e. The van der Waals surface area contributed by atoms with Crippen LogP contribution in [0.3, 0.4) is 0 Å². The summed E-state index contributed by atoms with van der Waals surface area (Å²) >= 11 is 0. The highest BCUT2D eigenvalue weighted by molar-refractivity contribution is 7.92. The SMILES string of the molecule is Cc1cccc2c1S(=O)(=O)C(C)C2N. The van der Waals surface area contributed by atoms with Gasteiger partial charge in [0.05, 0.1) is 10.1 Å². The molecule has 14 heavy (non-hydrogen) atoms. The van der Waals surface area contributed by atoms with Gasteiger partial charge in [0.25, 0.3) is 0 Å². The third-order valence-corrected chi connectivity index (χ3v) is 5.28. The monoisotopic (exact) mass is 211 g/mol. The zero-order valence-electron chi connectivity index (χ0n) is 8.19. The van der Waals surface area contributed by atoms with Gasteiger partial charge in [0.2, 0.25) is 0 Å². The fraction of sp³-hybridized carbons (Fsp3) is 0.400. The van der Waals surface area contributed by atoms with E-state index in [1.165, 1.54) is 0 Å². The molecule has 0 aromatic heterocycles. The van der Waals surface area contributed by atoms with Gasteiger partial charge in [0, 0.05) is 6.04 Å². The topological polar surface area (TPSA) is 60.2 Å². The standard InChI is InChI=1S/C10H13NO2S/c1-6-4-3-5-8-9(11)7(2)14(12,13)10(6)8/h3-5,7,9H,11H2,1-2H3. The average Bonchev–Trinajstić information content (AvgIpc) is 2.29. The highest BCUT2D eigenvalue weighted by Gasteiger charge is 2.40. The van der Waals surface area contributed by atoms with E-state index in [-0.39, 0.29) is 6.04 Å². The highest BCUT2D eigenvalue weighted by Crippen LogP contribution is 2.38. The van der Waals surface area contributed by atoms with Crippen LogP contribution in [0.25, 0.3) is 0 Å². The summed E-state index contributed by atoms with van der Waals surface area (Å²) in [5.74, 6) is 0. The molecular formula is C10H13NO2S. The Morgan fingerprint density at radius 1 is 1.36 bits per heavy atom. The van der Waals surface area contributed by atoms with Gasteiger partial charge in [-0.1, -0.05) is 18.2 Å². The van der Waals surface area contributed by atoms with Gasteiger partial charge < -0.3 is 5.73 Å². The van der Waals surface area contributed by atoms with Crippen LogP contribution in [0.1, 0.15) is 24.1 Å². The van der Waals surface area contributed by atoms with Crippen LogP contribution >= 0.6 is 0 Å². The Morgan fingerprint density at radius 3 is 2.57 bits per heavy atom. The van der Waals surface area contributed by atoms with Crippen LogP contribution in [0.4, 0.5) is 0 Å². The molecule has 0 saturated heterocycles. The molecule has 0 radical (unpaired) electrons. The summed E-state index contributed by atoms with van der Waals surface area (Å²) in [4.78, 5) is 0.444. The smallest absolute Gasteiger partial charge is 0.183 e. The number of rotatable bonds is 0. The third kappa shape index (κ3) is 1.04. The van der Waals surface area contributed by atoms with Crippen LogP contribution in [-0.2, 0) is 9.84 Å². The number of fused-ring (bicyclic) bond motifs is 1. The first-order valence-corrected chi connectivity index (χ1v) is 6.10.